The molecule has 0 aliphatic carbocycles. The van der Waals surface area contributed by atoms with Crippen molar-refractivity contribution in [3.05, 3.63) is 24.3 Å². The van der Waals surface area contributed by atoms with Gasteiger partial charge in [-0.05, 0) is 19.3 Å². The molecule has 0 bridgehead atoms. The Balaban J connectivity index is 4.08. The average Bonchev–Trinajstić information content (AvgIpc) is 2.47. The molecule has 0 aromatic rings. The van der Waals surface area contributed by atoms with Crippen LogP contribution in [0.4, 0.5) is 0 Å². The average molecular weight is 294 g/mol. The van der Waals surface area contributed by atoms with E-state index in [2.05, 4.69) is 32.6 Å². The van der Waals surface area contributed by atoms with E-state index in [0.29, 0.717) is 5.57 Å². The largest absolute Gasteiger partial charge is 0.478 e. The third-order valence-electron chi connectivity index (χ3n) is 3.93. The van der Waals surface area contributed by atoms with Gasteiger partial charge in [-0.2, -0.15) is 0 Å². The van der Waals surface area contributed by atoms with Crippen molar-refractivity contribution in [1.82, 2.24) is 0 Å². The third kappa shape index (κ3) is 11.3. The zero-order valence-electron chi connectivity index (χ0n) is 14.1. The first-order valence-electron chi connectivity index (χ1n) is 8.72. The number of rotatable bonds is 14. The molecule has 2 nitrogen and oxygen atoms in total. The predicted octanol–water partition coefficient (Wildman–Crippen LogP) is 6.13. The van der Waals surface area contributed by atoms with Gasteiger partial charge in [0.25, 0.3) is 0 Å². The lowest BCUT2D eigenvalue weighted by Gasteiger charge is -2.12. The second kappa shape index (κ2) is 13.9. The fourth-order valence-electron chi connectivity index (χ4n) is 2.46. The van der Waals surface area contributed by atoms with Gasteiger partial charge in [-0.3, -0.25) is 0 Å². The van der Waals surface area contributed by atoms with Crippen molar-refractivity contribution < 1.29 is 9.90 Å². The highest BCUT2D eigenvalue weighted by atomic mass is 16.4. The third-order valence-corrected chi connectivity index (χ3v) is 3.93. The maximum atomic E-state index is 11.1. The molecular formula is C19H34O2. The summed E-state index contributed by atoms with van der Waals surface area (Å²) in [7, 11) is 0. The first kappa shape index (κ1) is 19.9. The van der Waals surface area contributed by atoms with E-state index in [0.717, 1.165) is 19.3 Å². The van der Waals surface area contributed by atoms with E-state index in [1.807, 2.05) is 0 Å². The molecule has 122 valence electrons. The van der Waals surface area contributed by atoms with Crippen LogP contribution in [0, 0.1) is 5.92 Å². The first-order chi connectivity index (χ1) is 10.1. The van der Waals surface area contributed by atoms with Gasteiger partial charge in [-0.25, -0.2) is 4.79 Å². The van der Waals surface area contributed by atoms with Gasteiger partial charge in [-0.1, -0.05) is 83.9 Å². The molecular weight excluding hydrogens is 260 g/mol. The Morgan fingerprint density at radius 2 is 1.57 bits per heavy atom. The van der Waals surface area contributed by atoms with Gasteiger partial charge in [0, 0.05) is 11.5 Å². The quantitative estimate of drug-likeness (QED) is 0.238. The summed E-state index contributed by atoms with van der Waals surface area (Å²) < 4.78 is 0. The normalized spacial score (nSPS) is 12.7. The molecule has 0 saturated carbocycles. The molecule has 1 atom stereocenters. The number of hydrogen-bond donors (Lipinski definition) is 1. The van der Waals surface area contributed by atoms with Crippen molar-refractivity contribution in [3.8, 4) is 0 Å². The highest BCUT2D eigenvalue weighted by molar-refractivity contribution is 5.86. The molecule has 0 aliphatic rings. The lowest BCUT2D eigenvalue weighted by atomic mass is 9.93. The number of carboxylic acid groups (broad SMARTS) is 1. The van der Waals surface area contributed by atoms with Crippen LogP contribution in [0.25, 0.3) is 0 Å². The zero-order chi connectivity index (χ0) is 15.9. The van der Waals surface area contributed by atoms with Gasteiger partial charge in [0.05, 0.1) is 0 Å². The lowest BCUT2D eigenvalue weighted by molar-refractivity contribution is -0.133. The zero-order valence-corrected chi connectivity index (χ0v) is 14.1. The van der Waals surface area contributed by atoms with Crippen molar-refractivity contribution in [2.75, 3.05) is 0 Å². The Labute approximate surface area is 131 Å². The summed E-state index contributed by atoms with van der Waals surface area (Å²) in [6.07, 6.45) is 17.3. The van der Waals surface area contributed by atoms with Crippen molar-refractivity contribution in [2.45, 2.75) is 84.5 Å². The SMILES string of the molecule is C=C(C(=O)O)C(C=CCCCCCCC)CCCCCC. The summed E-state index contributed by atoms with van der Waals surface area (Å²) in [4.78, 5) is 11.1. The second-order valence-corrected chi connectivity index (χ2v) is 5.92. The molecule has 2 heteroatoms. The maximum Gasteiger partial charge on any atom is 0.331 e. The molecule has 0 saturated heterocycles. The fraction of sp³-hybridized carbons (Fsp3) is 0.737. The Morgan fingerprint density at radius 1 is 1.00 bits per heavy atom. The standard InChI is InChI=1S/C19H34O2/c1-4-6-8-10-11-12-14-16-18(17(3)19(20)21)15-13-9-7-5-2/h14,16,18H,3-13,15H2,1-2H3,(H,20,21). The molecule has 0 heterocycles. The minimum Gasteiger partial charge on any atom is -0.478 e. The lowest BCUT2D eigenvalue weighted by Crippen LogP contribution is -2.09. The van der Waals surface area contributed by atoms with Crippen LogP contribution in [-0.4, -0.2) is 11.1 Å². The molecule has 1 unspecified atom stereocenters. The summed E-state index contributed by atoms with van der Waals surface area (Å²) in [5, 5.41) is 9.12. The molecule has 0 aliphatic heterocycles. The van der Waals surface area contributed by atoms with Gasteiger partial charge in [0.15, 0.2) is 0 Å². The van der Waals surface area contributed by atoms with Crippen LogP contribution in [0.1, 0.15) is 84.5 Å². The number of allylic oxidation sites excluding steroid dienone is 2. The van der Waals surface area contributed by atoms with E-state index in [4.69, 9.17) is 5.11 Å². The molecule has 0 radical (unpaired) electrons. The summed E-state index contributed by atoms with van der Waals surface area (Å²) in [5.74, 6) is -0.849. The van der Waals surface area contributed by atoms with Crippen molar-refractivity contribution >= 4 is 5.97 Å². The fourth-order valence-corrected chi connectivity index (χ4v) is 2.46. The van der Waals surface area contributed by atoms with Gasteiger partial charge >= 0.3 is 5.97 Å². The monoisotopic (exact) mass is 294 g/mol. The van der Waals surface area contributed by atoms with E-state index >= 15 is 0 Å². The van der Waals surface area contributed by atoms with Gasteiger partial charge in [0.2, 0.25) is 0 Å². The number of carboxylic acids is 1. The Morgan fingerprint density at radius 3 is 2.14 bits per heavy atom. The van der Waals surface area contributed by atoms with Gasteiger partial charge in [0.1, 0.15) is 0 Å². The van der Waals surface area contributed by atoms with Gasteiger partial charge in [-0.15, -0.1) is 0 Å². The Bertz CT molecular complexity index is 305. The van der Waals surface area contributed by atoms with Crippen LogP contribution in [0.3, 0.4) is 0 Å². The second-order valence-electron chi connectivity index (χ2n) is 5.92. The molecule has 21 heavy (non-hydrogen) atoms. The molecule has 0 aromatic heterocycles. The van der Waals surface area contributed by atoms with Crippen molar-refractivity contribution in [1.29, 1.82) is 0 Å². The topological polar surface area (TPSA) is 37.3 Å². The minimum absolute atomic E-state index is 0.00926. The number of aliphatic carboxylic acids is 1. The van der Waals surface area contributed by atoms with Crippen LogP contribution in [-0.2, 0) is 4.79 Å². The Hall–Kier alpha value is -1.05. The van der Waals surface area contributed by atoms with E-state index in [1.54, 1.807) is 0 Å². The van der Waals surface area contributed by atoms with Crippen LogP contribution in [0.15, 0.2) is 24.3 Å². The molecule has 0 fully saturated rings. The summed E-state index contributed by atoms with van der Waals surface area (Å²) in [6.45, 7) is 8.15. The molecule has 0 amide bonds. The number of unbranched alkanes of at least 4 members (excludes halogenated alkanes) is 8. The molecule has 0 spiro atoms. The van der Waals surface area contributed by atoms with E-state index in [1.165, 1.54) is 51.4 Å². The van der Waals surface area contributed by atoms with Crippen molar-refractivity contribution in [2.24, 2.45) is 5.92 Å². The summed E-state index contributed by atoms with van der Waals surface area (Å²) in [5.41, 5.74) is 0.341. The van der Waals surface area contributed by atoms with Crippen molar-refractivity contribution in [3.63, 3.8) is 0 Å². The van der Waals surface area contributed by atoms with Crippen LogP contribution >= 0.6 is 0 Å². The highest BCUT2D eigenvalue weighted by Crippen LogP contribution is 2.20. The van der Waals surface area contributed by atoms with E-state index in [9.17, 15) is 4.79 Å². The first-order valence-corrected chi connectivity index (χ1v) is 8.72. The number of hydrogen-bond acceptors (Lipinski definition) is 1. The molecule has 0 rings (SSSR count). The predicted molar refractivity (Wildman–Crippen MR) is 91.5 cm³/mol. The van der Waals surface area contributed by atoms with E-state index in [-0.39, 0.29) is 5.92 Å². The van der Waals surface area contributed by atoms with Gasteiger partial charge < -0.3 is 5.11 Å². The van der Waals surface area contributed by atoms with E-state index < -0.39 is 5.97 Å². The Kier molecular flexibility index (Phi) is 13.2. The van der Waals surface area contributed by atoms with Crippen LogP contribution in [0.2, 0.25) is 0 Å². The molecule has 0 aromatic carbocycles. The maximum absolute atomic E-state index is 11.1. The van der Waals surface area contributed by atoms with Crippen LogP contribution < -0.4 is 0 Å². The highest BCUT2D eigenvalue weighted by Gasteiger charge is 2.14. The number of carbonyl (C=O) groups is 1. The summed E-state index contributed by atoms with van der Waals surface area (Å²) >= 11 is 0. The summed E-state index contributed by atoms with van der Waals surface area (Å²) in [6, 6.07) is 0. The molecule has 1 N–H and O–H groups in total. The smallest absolute Gasteiger partial charge is 0.331 e. The minimum atomic E-state index is -0.858. The van der Waals surface area contributed by atoms with Crippen LogP contribution in [0.5, 0.6) is 0 Å².